The van der Waals surface area contributed by atoms with Crippen LogP contribution in [0.3, 0.4) is 0 Å². The summed E-state index contributed by atoms with van der Waals surface area (Å²) in [6.07, 6.45) is 0.884. The molecule has 5 heteroatoms. The second kappa shape index (κ2) is 4.91. The Hall–Kier alpha value is -2.04. The van der Waals surface area contributed by atoms with Gasteiger partial charge in [-0.05, 0) is 12.0 Å². The van der Waals surface area contributed by atoms with Crippen molar-refractivity contribution in [3.63, 3.8) is 0 Å². The van der Waals surface area contributed by atoms with Crippen molar-refractivity contribution in [1.82, 2.24) is 10.2 Å². The Labute approximate surface area is 111 Å². The molecular weight excluding hydrogens is 244 g/mol. The molecule has 0 unspecified atom stereocenters. The number of hydrogen-bond donors (Lipinski definition) is 1. The van der Waals surface area contributed by atoms with Gasteiger partial charge in [0.1, 0.15) is 6.61 Å². The molecule has 0 saturated carbocycles. The van der Waals surface area contributed by atoms with E-state index < -0.39 is 0 Å². The Morgan fingerprint density at radius 3 is 2.95 bits per heavy atom. The number of amides is 2. The van der Waals surface area contributed by atoms with Crippen molar-refractivity contribution in [3.8, 4) is 0 Å². The number of likely N-dealkylation sites (tertiary alicyclic amines) is 1. The molecule has 2 atom stereocenters. The quantitative estimate of drug-likeness (QED) is 0.871. The maximum atomic E-state index is 12.0. The summed E-state index contributed by atoms with van der Waals surface area (Å²) in [5.74, 6) is 0.0237. The summed E-state index contributed by atoms with van der Waals surface area (Å²) < 4.78 is 5.30. The molecule has 5 nitrogen and oxygen atoms in total. The van der Waals surface area contributed by atoms with E-state index in [9.17, 15) is 9.59 Å². The van der Waals surface area contributed by atoms with Gasteiger partial charge < -0.3 is 15.0 Å². The molecule has 19 heavy (non-hydrogen) atoms. The van der Waals surface area contributed by atoms with E-state index in [0.717, 1.165) is 12.0 Å². The van der Waals surface area contributed by atoms with Crippen LogP contribution in [0.2, 0.25) is 0 Å². The van der Waals surface area contributed by atoms with E-state index in [2.05, 4.69) is 5.32 Å². The molecule has 100 valence electrons. The Kier molecular flexibility index (Phi) is 3.11. The van der Waals surface area contributed by atoms with Crippen molar-refractivity contribution in [3.05, 3.63) is 35.9 Å². The van der Waals surface area contributed by atoms with Crippen LogP contribution in [0.4, 0.5) is 4.79 Å². The smallest absolute Gasteiger partial charge is 0.410 e. The number of ether oxygens (including phenoxy) is 1. The van der Waals surface area contributed by atoms with Gasteiger partial charge in [-0.3, -0.25) is 4.79 Å². The second-order valence-corrected chi connectivity index (χ2v) is 4.97. The van der Waals surface area contributed by atoms with Crippen LogP contribution in [0, 0.1) is 0 Å². The maximum absolute atomic E-state index is 12.0. The highest BCUT2D eigenvalue weighted by Crippen LogP contribution is 2.26. The number of carbonyl (C=O) groups excluding carboxylic acids is 2. The summed E-state index contributed by atoms with van der Waals surface area (Å²) in [4.78, 5) is 25.0. The van der Waals surface area contributed by atoms with E-state index in [0.29, 0.717) is 13.0 Å². The molecule has 0 bridgehead atoms. The SMILES string of the molecule is O=C1C[C@H]2[C@@H](CCN2C(=O)OCc2ccccc2)N1. The number of carbonyl (C=O) groups is 2. The summed E-state index contributed by atoms with van der Waals surface area (Å²) in [6, 6.07) is 9.66. The van der Waals surface area contributed by atoms with Crippen LogP contribution in [0.5, 0.6) is 0 Å². The average molecular weight is 260 g/mol. The maximum Gasteiger partial charge on any atom is 0.410 e. The minimum absolute atomic E-state index is 0.0237. The molecule has 0 aromatic heterocycles. The average Bonchev–Trinajstić information content (AvgIpc) is 2.96. The standard InChI is InChI=1S/C14H16N2O3/c17-13-8-12-11(15-13)6-7-16(12)14(18)19-9-10-4-2-1-3-5-10/h1-5,11-12H,6-9H2,(H,15,17)/t11-,12+/m1/s1. The van der Waals surface area contributed by atoms with Crippen molar-refractivity contribution < 1.29 is 14.3 Å². The highest BCUT2D eigenvalue weighted by atomic mass is 16.6. The number of rotatable bonds is 2. The highest BCUT2D eigenvalue weighted by Gasteiger charge is 2.44. The third kappa shape index (κ3) is 2.41. The van der Waals surface area contributed by atoms with Gasteiger partial charge in [-0.2, -0.15) is 0 Å². The third-order valence-corrected chi connectivity index (χ3v) is 3.73. The first-order valence-electron chi connectivity index (χ1n) is 6.51. The van der Waals surface area contributed by atoms with E-state index in [1.807, 2.05) is 30.3 Å². The molecule has 3 rings (SSSR count). The van der Waals surface area contributed by atoms with Gasteiger partial charge in [0.25, 0.3) is 0 Å². The Morgan fingerprint density at radius 1 is 1.37 bits per heavy atom. The van der Waals surface area contributed by atoms with Gasteiger partial charge in [0.2, 0.25) is 5.91 Å². The summed E-state index contributed by atoms with van der Waals surface area (Å²) in [7, 11) is 0. The number of nitrogens with one attached hydrogen (secondary N) is 1. The summed E-state index contributed by atoms with van der Waals surface area (Å²) >= 11 is 0. The van der Waals surface area contributed by atoms with E-state index in [4.69, 9.17) is 4.74 Å². The predicted octanol–water partition coefficient (Wildman–Crippen LogP) is 1.29. The molecule has 2 heterocycles. The topological polar surface area (TPSA) is 58.6 Å². The molecular formula is C14H16N2O3. The highest BCUT2D eigenvalue weighted by molar-refractivity contribution is 5.81. The van der Waals surface area contributed by atoms with E-state index in [-0.39, 0.29) is 30.7 Å². The lowest BCUT2D eigenvalue weighted by Gasteiger charge is -2.21. The van der Waals surface area contributed by atoms with Gasteiger partial charge in [0.15, 0.2) is 0 Å². The molecule has 0 aliphatic carbocycles. The lowest BCUT2D eigenvalue weighted by atomic mass is 10.1. The Balaban J connectivity index is 1.58. The molecule has 2 amide bonds. The first-order chi connectivity index (χ1) is 9.24. The van der Waals surface area contributed by atoms with Crippen LogP contribution in [-0.2, 0) is 16.1 Å². The minimum Gasteiger partial charge on any atom is -0.445 e. The van der Waals surface area contributed by atoms with Crippen LogP contribution < -0.4 is 5.32 Å². The van der Waals surface area contributed by atoms with Crippen LogP contribution in [-0.4, -0.2) is 35.5 Å². The minimum atomic E-state index is -0.326. The number of hydrogen-bond acceptors (Lipinski definition) is 3. The molecule has 2 aliphatic heterocycles. The first-order valence-corrected chi connectivity index (χ1v) is 6.51. The number of fused-ring (bicyclic) bond motifs is 1. The predicted molar refractivity (Wildman–Crippen MR) is 68.3 cm³/mol. The van der Waals surface area contributed by atoms with Gasteiger partial charge in [0, 0.05) is 13.0 Å². The second-order valence-electron chi connectivity index (χ2n) is 4.97. The van der Waals surface area contributed by atoms with Gasteiger partial charge in [-0.15, -0.1) is 0 Å². The molecule has 1 aromatic carbocycles. The van der Waals surface area contributed by atoms with Crippen LogP contribution in [0.25, 0.3) is 0 Å². The van der Waals surface area contributed by atoms with Crippen molar-refractivity contribution in [2.75, 3.05) is 6.54 Å². The van der Waals surface area contributed by atoms with Crippen LogP contribution >= 0.6 is 0 Å². The molecule has 1 N–H and O–H groups in total. The van der Waals surface area contributed by atoms with Gasteiger partial charge in [0.05, 0.1) is 12.1 Å². The Morgan fingerprint density at radius 2 is 2.16 bits per heavy atom. The fourth-order valence-corrected chi connectivity index (χ4v) is 2.76. The zero-order valence-corrected chi connectivity index (χ0v) is 10.5. The van der Waals surface area contributed by atoms with Crippen LogP contribution in [0.1, 0.15) is 18.4 Å². The lowest BCUT2D eigenvalue weighted by molar-refractivity contribution is -0.119. The number of benzene rings is 1. The zero-order valence-electron chi connectivity index (χ0n) is 10.5. The van der Waals surface area contributed by atoms with E-state index in [1.165, 1.54) is 0 Å². The lowest BCUT2D eigenvalue weighted by Crippen LogP contribution is -2.38. The largest absolute Gasteiger partial charge is 0.445 e. The van der Waals surface area contributed by atoms with Crippen molar-refractivity contribution >= 4 is 12.0 Å². The molecule has 2 fully saturated rings. The molecule has 2 aliphatic rings. The van der Waals surface area contributed by atoms with Gasteiger partial charge in [-0.25, -0.2) is 4.79 Å². The van der Waals surface area contributed by atoms with Crippen molar-refractivity contribution in [1.29, 1.82) is 0 Å². The van der Waals surface area contributed by atoms with Gasteiger partial charge in [-0.1, -0.05) is 30.3 Å². The van der Waals surface area contributed by atoms with Crippen molar-refractivity contribution in [2.24, 2.45) is 0 Å². The summed E-state index contributed by atoms with van der Waals surface area (Å²) in [5, 5.41) is 2.89. The summed E-state index contributed by atoms with van der Waals surface area (Å²) in [6.45, 7) is 0.929. The molecule has 0 spiro atoms. The summed E-state index contributed by atoms with van der Waals surface area (Å²) in [5.41, 5.74) is 0.965. The number of nitrogens with zero attached hydrogens (tertiary/aromatic N) is 1. The monoisotopic (exact) mass is 260 g/mol. The Bertz CT molecular complexity index is 489. The molecule has 1 aromatic rings. The zero-order chi connectivity index (χ0) is 13.2. The van der Waals surface area contributed by atoms with Gasteiger partial charge >= 0.3 is 6.09 Å². The van der Waals surface area contributed by atoms with Crippen molar-refractivity contribution in [2.45, 2.75) is 31.5 Å². The van der Waals surface area contributed by atoms with E-state index >= 15 is 0 Å². The van der Waals surface area contributed by atoms with Crippen LogP contribution in [0.15, 0.2) is 30.3 Å². The molecule has 0 radical (unpaired) electrons. The fourth-order valence-electron chi connectivity index (χ4n) is 2.76. The fraction of sp³-hybridized carbons (Fsp3) is 0.429. The molecule has 2 saturated heterocycles. The normalized spacial score (nSPS) is 25.1. The third-order valence-electron chi connectivity index (χ3n) is 3.73. The van der Waals surface area contributed by atoms with E-state index in [1.54, 1.807) is 4.90 Å². The first kappa shape index (κ1) is 12.0.